The maximum Gasteiger partial charge on any atom is 0.233 e. The van der Waals surface area contributed by atoms with Gasteiger partial charge in [0.25, 0.3) is 0 Å². The van der Waals surface area contributed by atoms with E-state index in [0.29, 0.717) is 18.2 Å². The number of carbonyl (C=O) groups excluding carboxylic acids is 1. The van der Waals surface area contributed by atoms with Crippen molar-refractivity contribution in [3.8, 4) is 0 Å². The Morgan fingerprint density at radius 3 is 2.26 bits per heavy atom. The first-order valence-electron chi connectivity index (χ1n) is 7.25. The van der Waals surface area contributed by atoms with Gasteiger partial charge in [-0.2, -0.15) is 0 Å². The molecule has 0 aromatic heterocycles. The van der Waals surface area contributed by atoms with Crippen molar-refractivity contribution < 1.29 is 9.53 Å². The van der Waals surface area contributed by atoms with Crippen molar-refractivity contribution in [2.24, 2.45) is 11.1 Å². The smallest absolute Gasteiger partial charge is 0.233 e. The van der Waals surface area contributed by atoms with Gasteiger partial charge in [-0.05, 0) is 25.7 Å². The molecule has 19 heavy (non-hydrogen) atoms. The zero-order valence-corrected chi connectivity index (χ0v) is 12.9. The van der Waals surface area contributed by atoms with Crippen LogP contribution in [0, 0.1) is 5.41 Å². The average molecular weight is 286 g/mol. The van der Waals surface area contributed by atoms with Gasteiger partial charge >= 0.3 is 0 Å². The molecule has 0 saturated carbocycles. The summed E-state index contributed by atoms with van der Waals surface area (Å²) in [6, 6.07) is 0.198. The fourth-order valence-corrected chi connectivity index (χ4v) is 3.03. The summed E-state index contributed by atoms with van der Waals surface area (Å²) < 4.78 is 5.31. The Kier molecular flexibility index (Phi) is 6.72. The molecule has 110 valence electrons. The third-order valence-corrected chi connectivity index (χ3v) is 4.21. The van der Waals surface area contributed by atoms with E-state index < -0.39 is 5.41 Å². The first-order chi connectivity index (χ1) is 9.06. The molecule has 0 spiro atoms. The van der Waals surface area contributed by atoms with Crippen LogP contribution in [0.3, 0.4) is 0 Å². The van der Waals surface area contributed by atoms with Gasteiger partial charge in [-0.3, -0.25) is 4.79 Å². The number of ether oxygens (including phenoxy) is 1. The molecule has 3 N–H and O–H groups in total. The van der Waals surface area contributed by atoms with Crippen molar-refractivity contribution in [1.82, 2.24) is 5.32 Å². The molecule has 0 aliphatic carbocycles. The normalized spacial score (nSPS) is 17.2. The third-order valence-electron chi connectivity index (χ3n) is 3.82. The van der Waals surface area contributed by atoms with E-state index in [4.69, 9.17) is 22.7 Å². The summed E-state index contributed by atoms with van der Waals surface area (Å²) in [6.45, 7) is 5.55. The molecule has 1 aliphatic rings. The molecule has 4 nitrogen and oxygen atoms in total. The highest BCUT2D eigenvalue weighted by atomic mass is 32.1. The third kappa shape index (κ3) is 4.14. The molecule has 0 unspecified atom stereocenters. The molecule has 0 aromatic carbocycles. The lowest BCUT2D eigenvalue weighted by molar-refractivity contribution is -0.129. The lowest BCUT2D eigenvalue weighted by Crippen LogP contribution is -2.52. The SMILES string of the molecule is CCCC(CCC)(C(=O)NC1CCOCC1)C(N)=S. The predicted octanol–water partition coefficient (Wildman–Crippen LogP) is 2.15. The highest BCUT2D eigenvalue weighted by Crippen LogP contribution is 2.31. The molecular formula is C14H26N2O2S. The minimum absolute atomic E-state index is 0.00981. The summed E-state index contributed by atoms with van der Waals surface area (Å²) in [5, 5.41) is 3.12. The van der Waals surface area contributed by atoms with Crippen LogP contribution in [0.25, 0.3) is 0 Å². The molecule has 1 saturated heterocycles. The van der Waals surface area contributed by atoms with Crippen LogP contribution in [0.4, 0.5) is 0 Å². The lowest BCUT2D eigenvalue weighted by atomic mass is 9.78. The minimum atomic E-state index is -0.670. The molecule has 0 aromatic rings. The van der Waals surface area contributed by atoms with Gasteiger partial charge in [-0.15, -0.1) is 0 Å². The number of rotatable bonds is 7. The second-order valence-corrected chi connectivity index (χ2v) is 5.75. The topological polar surface area (TPSA) is 64.3 Å². The standard InChI is InChI=1S/C14H26N2O2S/c1-3-7-14(8-4-2,12(15)19)13(17)16-11-5-9-18-10-6-11/h11H,3-10H2,1-2H3,(H2,15,19)(H,16,17). The number of thiocarbonyl (C=S) groups is 1. The quantitative estimate of drug-likeness (QED) is 0.704. The van der Waals surface area contributed by atoms with Gasteiger partial charge < -0.3 is 15.8 Å². The largest absolute Gasteiger partial charge is 0.392 e. The number of hydrogen-bond donors (Lipinski definition) is 2. The second-order valence-electron chi connectivity index (χ2n) is 5.31. The monoisotopic (exact) mass is 286 g/mol. The molecule has 1 fully saturated rings. The van der Waals surface area contributed by atoms with E-state index in [-0.39, 0.29) is 11.9 Å². The van der Waals surface area contributed by atoms with E-state index in [0.717, 1.165) is 38.5 Å². The van der Waals surface area contributed by atoms with Crippen molar-refractivity contribution in [2.75, 3.05) is 13.2 Å². The minimum Gasteiger partial charge on any atom is -0.392 e. The van der Waals surface area contributed by atoms with Crippen LogP contribution < -0.4 is 11.1 Å². The van der Waals surface area contributed by atoms with Crippen LogP contribution in [-0.4, -0.2) is 30.2 Å². The lowest BCUT2D eigenvalue weighted by Gasteiger charge is -2.34. The van der Waals surface area contributed by atoms with E-state index in [1.54, 1.807) is 0 Å². The van der Waals surface area contributed by atoms with Crippen LogP contribution in [0.2, 0.25) is 0 Å². The Morgan fingerprint density at radius 2 is 1.84 bits per heavy atom. The van der Waals surface area contributed by atoms with Gasteiger partial charge in [0.2, 0.25) is 5.91 Å². The van der Waals surface area contributed by atoms with Gasteiger partial charge in [-0.25, -0.2) is 0 Å². The number of carbonyl (C=O) groups is 1. The summed E-state index contributed by atoms with van der Waals surface area (Å²) in [7, 11) is 0. The molecule has 5 heteroatoms. The Balaban J connectivity index is 2.76. The molecule has 1 rings (SSSR count). The number of amides is 1. The van der Waals surface area contributed by atoms with Gasteiger partial charge in [0, 0.05) is 19.3 Å². The Bertz CT molecular complexity index is 309. The summed E-state index contributed by atoms with van der Waals surface area (Å²) in [5.74, 6) is 0.00981. The zero-order chi connectivity index (χ0) is 14.3. The Labute approximate surface area is 121 Å². The van der Waals surface area contributed by atoms with E-state index >= 15 is 0 Å². The van der Waals surface area contributed by atoms with E-state index in [2.05, 4.69) is 19.2 Å². The molecule has 0 radical (unpaired) electrons. The average Bonchev–Trinajstić information content (AvgIpc) is 2.39. The molecule has 0 bridgehead atoms. The van der Waals surface area contributed by atoms with Crippen molar-refractivity contribution in [2.45, 2.75) is 58.4 Å². The van der Waals surface area contributed by atoms with Gasteiger partial charge in [0.05, 0.1) is 10.4 Å². The molecule has 1 heterocycles. The first-order valence-corrected chi connectivity index (χ1v) is 7.66. The second kappa shape index (κ2) is 7.80. The maximum absolute atomic E-state index is 12.6. The van der Waals surface area contributed by atoms with Gasteiger partial charge in [-0.1, -0.05) is 38.9 Å². The van der Waals surface area contributed by atoms with Crippen LogP contribution in [0.5, 0.6) is 0 Å². The Hall–Kier alpha value is -0.680. The maximum atomic E-state index is 12.6. The molecular weight excluding hydrogens is 260 g/mol. The number of nitrogens with two attached hydrogens (primary N) is 1. The highest BCUT2D eigenvalue weighted by Gasteiger charge is 2.40. The van der Waals surface area contributed by atoms with Crippen LogP contribution >= 0.6 is 12.2 Å². The summed E-state index contributed by atoms with van der Waals surface area (Å²) in [4.78, 5) is 13.0. The summed E-state index contributed by atoms with van der Waals surface area (Å²) in [5.41, 5.74) is 5.23. The highest BCUT2D eigenvalue weighted by molar-refractivity contribution is 7.80. The van der Waals surface area contributed by atoms with Crippen molar-refractivity contribution in [3.05, 3.63) is 0 Å². The molecule has 1 amide bonds. The molecule has 1 aliphatic heterocycles. The van der Waals surface area contributed by atoms with Crippen molar-refractivity contribution >= 4 is 23.1 Å². The van der Waals surface area contributed by atoms with E-state index in [1.165, 1.54) is 0 Å². The molecule has 0 atom stereocenters. The van der Waals surface area contributed by atoms with Gasteiger partial charge in [0.15, 0.2) is 0 Å². The summed E-state index contributed by atoms with van der Waals surface area (Å²) in [6.07, 6.45) is 5.00. The van der Waals surface area contributed by atoms with Crippen LogP contribution in [-0.2, 0) is 9.53 Å². The van der Waals surface area contributed by atoms with E-state index in [9.17, 15) is 4.79 Å². The number of nitrogens with one attached hydrogen (secondary N) is 1. The predicted molar refractivity (Wildman–Crippen MR) is 81.0 cm³/mol. The van der Waals surface area contributed by atoms with Crippen molar-refractivity contribution in [1.29, 1.82) is 0 Å². The van der Waals surface area contributed by atoms with Crippen molar-refractivity contribution in [3.63, 3.8) is 0 Å². The van der Waals surface area contributed by atoms with Gasteiger partial charge in [0.1, 0.15) is 0 Å². The zero-order valence-electron chi connectivity index (χ0n) is 12.0. The van der Waals surface area contributed by atoms with E-state index in [1.807, 2.05) is 0 Å². The number of hydrogen-bond acceptors (Lipinski definition) is 3. The fourth-order valence-electron chi connectivity index (χ4n) is 2.73. The summed E-state index contributed by atoms with van der Waals surface area (Å²) >= 11 is 5.20. The fraction of sp³-hybridized carbons (Fsp3) is 0.857. The first kappa shape index (κ1) is 16.4. The Morgan fingerprint density at radius 1 is 1.32 bits per heavy atom. The van der Waals surface area contributed by atoms with Crippen LogP contribution in [0.15, 0.2) is 0 Å². The van der Waals surface area contributed by atoms with Crippen LogP contribution in [0.1, 0.15) is 52.4 Å².